The average Bonchev–Trinajstić information content (AvgIpc) is 3.26. The molecule has 1 aliphatic rings. The minimum absolute atomic E-state index is 0.0312. The minimum atomic E-state index is -0.161. The third kappa shape index (κ3) is 5.29. The van der Waals surface area contributed by atoms with Crippen LogP contribution < -0.4 is 5.32 Å². The molecule has 4 rings (SSSR count). The number of benzene rings is 2. The van der Waals surface area contributed by atoms with Crippen molar-refractivity contribution in [3.05, 3.63) is 71.0 Å². The lowest BCUT2D eigenvalue weighted by Crippen LogP contribution is -2.45. The van der Waals surface area contributed by atoms with Crippen LogP contribution in [0.25, 0.3) is 5.69 Å². The molecule has 1 saturated heterocycles. The number of thioether (sulfide) groups is 1. The summed E-state index contributed by atoms with van der Waals surface area (Å²) in [6, 6.07) is 16.0. The molecule has 0 spiro atoms. The number of hydrogen-bond donors (Lipinski definition) is 1. The van der Waals surface area contributed by atoms with Gasteiger partial charge in [0.05, 0.1) is 5.75 Å². The lowest BCUT2D eigenvalue weighted by molar-refractivity contribution is -0.119. The average molecular weight is 457 g/mol. The maximum atomic E-state index is 12.7. The van der Waals surface area contributed by atoms with Crippen molar-refractivity contribution in [1.29, 1.82) is 0 Å². The maximum absolute atomic E-state index is 12.7. The molecule has 162 valence electrons. The zero-order valence-corrected chi connectivity index (χ0v) is 19.0. The van der Waals surface area contributed by atoms with Crippen molar-refractivity contribution in [3.8, 4) is 5.69 Å². The van der Waals surface area contributed by atoms with E-state index in [0.29, 0.717) is 29.9 Å². The van der Waals surface area contributed by atoms with Crippen molar-refractivity contribution < 1.29 is 9.53 Å². The molecule has 3 aromatic rings. The first-order chi connectivity index (χ1) is 15.1. The molecule has 1 aromatic heterocycles. The van der Waals surface area contributed by atoms with Crippen molar-refractivity contribution in [2.24, 2.45) is 0 Å². The Labute approximate surface area is 191 Å². The monoisotopic (exact) mass is 456 g/mol. The van der Waals surface area contributed by atoms with Gasteiger partial charge in [-0.3, -0.25) is 9.36 Å². The van der Waals surface area contributed by atoms with Crippen molar-refractivity contribution in [2.45, 2.75) is 30.3 Å². The summed E-state index contributed by atoms with van der Waals surface area (Å²) in [4.78, 5) is 12.7. The quantitative estimate of drug-likeness (QED) is 0.540. The van der Waals surface area contributed by atoms with Crippen LogP contribution in [0.3, 0.4) is 0 Å². The van der Waals surface area contributed by atoms with Gasteiger partial charge in [-0.05, 0) is 49.6 Å². The largest absolute Gasteiger partial charge is 0.381 e. The molecule has 8 heteroatoms. The Balaban J connectivity index is 1.39. The molecular weight excluding hydrogens is 432 g/mol. The van der Waals surface area contributed by atoms with E-state index < -0.39 is 0 Å². The van der Waals surface area contributed by atoms with Gasteiger partial charge >= 0.3 is 0 Å². The Bertz CT molecular complexity index is 1030. The molecule has 1 N–H and O–H groups in total. The van der Waals surface area contributed by atoms with E-state index in [2.05, 4.69) is 21.6 Å². The summed E-state index contributed by atoms with van der Waals surface area (Å²) in [6.45, 7) is 3.96. The third-order valence-electron chi connectivity index (χ3n) is 5.67. The smallest absolute Gasteiger partial charge is 0.230 e. The normalized spacial score (nSPS) is 15.5. The lowest BCUT2D eigenvalue weighted by atomic mass is 9.74. The van der Waals surface area contributed by atoms with Gasteiger partial charge in [-0.2, -0.15) is 0 Å². The van der Waals surface area contributed by atoms with E-state index in [4.69, 9.17) is 16.3 Å². The van der Waals surface area contributed by atoms with Crippen molar-refractivity contribution in [1.82, 2.24) is 20.1 Å². The van der Waals surface area contributed by atoms with Gasteiger partial charge in [-0.25, -0.2) is 0 Å². The SMILES string of the molecule is Cc1ccc(-n2cnnc2SCC(=O)NCC2(c3cccc(Cl)c3)CCOCC2)cc1. The van der Waals surface area contributed by atoms with Crippen LogP contribution in [-0.2, 0) is 14.9 Å². The molecule has 1 fully saturated rings. The van der Waals surface area contributed by atoms with Gasteiger partial charge in [0, 0.05) is 35.9 Å². The van der Waals surface area contributed by atoms with Crippen LogP contribution in [0.15, 0.2) is 60.0 Å². The number of nitrogens with one attached hydrogen (secondary N) is 1. The number of nitrogens with zero attached hydrogens (tertiary/aromatic N) is 3. The van der Waals surface area contributed by atoms with Gasteiger partial charge in [-0.1, -0.05) is 53.2 Å². The number of rotatable bonds is 7. The zero-order chi connectivity index (χ0) is 21.7. The first-order valence-electron chi connectivity index (χ1n) is 10.3. The fourth-order valence-corrected chi connectivity index (χ4v) is 4.75. The molecule has 2 heterocycles. The Kier molecular flexibility index (Phi) is 6.95. The molecule has 0 saturated carbocycles. The highest BCUT2D eigenvalue weighted by Crippen LogP contribution is 2.35. The summed E-state index contributed by atoms with van der Waals surface area (Å²) in [5, 5.41) is 12.7. The highest BCUT2D eigenvalue weighted by atomic mass is 35.5. The van der Waals surface area contributed by atoms with Crippen LogP contribution in [-0.4, -0.2) is 46.2 Å². The fourth-order valence-electron chi connectivity index (χ4n) is 3.80. The molecule has 0 radical (unpaired) electrons. The number of carbonyl (C=O) groups excluding carboxylic acids is 1. The molecule has 0 unspecified atom stereocenters. The number of aromatic nitrogens is 3. The summed E-state index contributed by atoms with van der Waals surface area (Å²) < 4.78 is 7.47. The second kappa shape index (κ2) is 9.85. The maximum Gasteiger partial charge on any atom is 0.230 e. The van der Waals surface area contributed by atoms with E-state index >= 15 is 0 Å². The van der Waals surface area contributed by atoms with E-state index in [-0.39, 0.29) is 17.1 Å². The number of carbonyl (C=O) groups is 1. The lowest BCUT2D eigenvalue weighted by Gasteiger charge is -2.38. The number of halogens is 1. The Morgan fingerprint density at radius 3 is 2.74 bits per heavy atom. The van der Waals surface area contributed by atoms with Gasteiger partial charge in [0.15, 0.2) is 5.16 Å². The molecule has 0 aliphatic carbocycles. The van der Waals surface area contributed by atoms with Gasteiger partial charge in [0.2, 0.25) is 5.91 Å². The summed E-state index contributed by atoms with van der Waals surface area (Å²) in [5.41, 5.74) is 3.15. The molecule has 31 heavy (non-hydrogen) atoms. The van der Waals surface area contributed by atoms with Crippen LogP contribution in [0.1, 0.15) is 24.0 Å². The predicted octanol–water partition coefficient (Wildman–Crippen LogP) is 4.19. The zero-order valence-electron chi connectivity index (χ0n) is 17.4. The summed E-state index contributed by atoms with van der Waals surface area (Å²) in [6.07, 6.45) is 3.37. The van der Waals surface area contributed by atoms with Crippen LogP contribution in [0.2, 0.25) is 5.02 Å². The van der Waals surface area contributed by atoms with E-state index in [9.17, 15) is 4.79 Å². The second-order valence-electron chi connectivity index (χ2n) is 7.79. The highest BCUT2D eigenvalue weighted by molar-refractivity contribution is 7.99. The van der Waals surface area contributed by atoms with Gasteiger partial charge in [0.1, 0.15) is 6.33 Å². The van der Waals surface area contributed by atoms with Gasteiger partial charge in [-0.15, -0.1) is 10.2 Å². The predicted molar refractivity (Wildman–Crippen MR) is 123 cm³/mol. The van der Waals surface area contributed by atoms with Gasteiger partial charge < -0.3 is 10.1 Å². The number of aryl methyl sites for hydroxylation is 1. The van der Waals surface area contributed by atoms with Crippen LogP contribution in [0.4, 0.5) is 0 Å². The Morgan fingerprint density at radius 2 is 2.00 bits per heavy atom. The third-order valence-corrected chi connectivity index (χ3v) is 6.85. The van der Waals surface area contributed by atoms with Crippen LogP contribution in [0, 0.1) is 6.92 Å². The molecule has 1 amide bonds. The number of ether oxygens (including phenoxy) is 1. The molecule has 6 nitrogen and oxygen atoms in total. The van der Waals surface area contributed by atoms with Gasteiger partial charge in [0.25, 0.3) is 0 Å². The van der Waals surface area contributed by atoms with E-state index in [1.54, 1.807) is 6.33 Å². The molecule has 0 bridgehead atoms. The standard InChI is InChI=1S/C23H25ClN4O2S/c1-17-5-7-20(8-6-17)28-16-26-27-22(28)31-14-21(29)25-15-23(9-11-30-12-10-23)18-3-2-4-19(24)13-18/h2-8,13,16H,9-12,14-15H2,1H3,(H,25,29). The minimum Gasteiger partial charge on any atom is -0.381 e. The van der Waals surface area contributed by atoms with Crippen LogP contribution >= 0.6 is 23.4 Å². The van der Waals surface area contributed by atoms with Crippen LogP contribution in [0.5, 0.6) is 0 Å². The second-order valence-corrected chi connectivity index (χ2v) is 9.17. The van der Waals surface area contributed by atoms with Crippen molar-refractivity contribution >= 4 is 29.3 Å². The van der Waals surface area contributed by atoms with E-state index in [1.807, 2.05) is 54.0 Å². The summed E-state index contributed by atoms with van der Waals surface area (Å²) >= 11 is 7.61. The van der Waals surface area contributed by atoms with E-state index in [1.165, 1.54) is 17.3 Å². The Morgan fingerprint density at radius 1 is 1.23 bits per heavy atom. The Hall–Kier alpha value is -2.35. The first-order valence-corrected chi connectivity index (χ1v) is 11.6. The summed E-state index contributed by atoms with van der Waals surface area (Å²) in [7, 11) is 0. The van der Waals surface area contributed by atoms with E-state index in [0.717, 1.165) is 24.1 Å². The number of hydrogen-bond acceptors (Lipinski definition) is 5. The molecule has 0 atom stereocenters. The molecular formula is C23H25ClN4O2S. The fraction of sp³-hybridized carbons (Fsp3) is 0.348. The molecule has 2 aromatic carbocycles. The molecule has 1 aliphatic heterocycles. The first kappa shape index (κ1) is 21.9. The number of amides is 1. The van der Waals surface area contributed by atoms with Crippen molar-refractivity contribution in [3.63, 3.8) is 0 Å². The van der Waals surface area contributed by atoms with Crippen molar-refractivity contribution in [2.75, 3.05) is 25.5 Å². The topological polar surface area (TPSA) is 69.0 Å². The highest BCUT2D eigenvalue weighted by Gasteiger charge is 2.35. The summed E-state index contributed by atoms with van der Waals surface area (Å²) in [5.74, 6) is 0.239.